The van der Waals surface area contributed by atoms with Crippen molar-refractivity contribution in [2.24, 2.45) is 0 Å². The molecule has 0 saturated carbocycles. The van der Waals surface area contributed by atoms with E-state index in [2.05, 4.69) is 6.92 Å². The molecule has 2 heteroatoms. The fraction of sp³-hybridized carbons (Fsp3) is 0.667. The Bertz CT molecular complexity index is 6.85. The van der Waals surface area contributed by atoms with Crippen LogP contribution in [0.2, 0.25) is 0 Å². The molecule has 0 aliphatic rings. The molecular weight excluding hydrogens is 132 g/mol. The van der Waals surface area contributed by atoms with Gasteiger partial charge in [-0.05, 0) is 0 Å². The van der Waals surface area contributed by atoms with E-state index >= 15 is 0 Å². The first-order valence-corrected chi connectivity index (χ1v) is 1.21. The van der Waals surface area contributed by atoms with E-state index in [0.29, 0.717) is 0 Å². The van der Waals surface area contributed by atoms with Gasteiger partial charge in [-0.3, -0.25) is 0 Å². The molecule has 0 amide bonds. The zero-order valence-corrected chi connectivity index (χ0v) is 8.21. The number of rotatable bonds is 0. The van der Waals surface area contributed by atoms with Gasteiger partial charge >= 0.3 is 0 Å². The topological polar surface area (TPSA) is 0 Å². The van der Waals surface area contributed by atoms with Crippen LogP contribution in [0.3, 0.4) is 0 Å². The summed E-state index contributed by atoms with van der Waals surface area (Å²) in [5.74, 6) is 0. The Kier molecular flexibility index (Phi) is 65.3. The minimum absolute atomic E-state index is 0. The minimum atomic E-state index is 0. The Morgan fingerprint density at radius 1 is 1.60 bits per heavy atom. The van der Waals surface area contributed by atoms with Crippen molar-refractivity contribution in [1.29, 1.82) is 0 Å². The second-order valence-electron chi connectivity index (χ2n) is 0.500. The third kappa shape index (κ3) is 42.5. The van der Waals surface area contributed by atoms with Gasteiger partial charge in [0, 0.05) is 19.5 Å². The molecule has 0 bridgehead atoms. The van der Waals surface area contributed by atoms with E-state index < -0.39 is 0 Å². The van der Waals surface area contributed by atoms with Crippen LogP contribution < -0.4 is 0 Å². The summed E-state index contributed by atoms with van der Waals surface area (Å²) in [4.78, 5) is 0. The van der Waals surface area contributed by atoms with E-state index in [1.807, 2.05) is 6.92 Å². The Morgan fingerprint density at radius 2 is 1.60 bits per heavy atom. The summed E-state index contributed by atoms with van der Waals surface area (Å²) in [7, 11) is 0. The summed E-state index contributed by atoms with van der Waals surface area (Å²) in [6.45, 7) is 5.50. The van der Waals surface area contributed by atoms with E-state index in [9.17, 15) is 0 Å². The quantitative estimate of drug-likeness (QED) is 0.272. The van der Waals surface area contributed by atoms with Crippen molar-refractivity contribution in [1.82, 2.24) is 0 Å². The maximum Gasteiger partial charge on any atom is 0 e. The molecule has 0 aliphatic carbocycles. The summed E-state index contributed by atoms with van der Waals surface area (Å²) < 4.78 is 0. The van der Waals surface area contributed by atoms with Gasteiger partial charge in [-0.25, -0.2) is 0 Å². The molecule has 0 aromatic carbocycles. The number of hydrogen-bond donors (Lipinski definition) is 0. The van der Waals surface area contributed by atoms with Gasteiger partial charge in [-0.15, -0.1) is 0 Å². The molecule has 0 heterocycles. The predicted octanol–water partition coefficient (Wildman–Crippen LogP) is 1.29. The fourth-order valence-corrected chi connectivity index (χ4v) is 0. The predicted molar refractivity (Wildman–Crippen MR) is 26.8 cm³/mol. The van der Waals surface area contributed by atoms with Crippen LogP contribution in [0.4, 0.5) is 0 Å². The second kappa shape index (κ2) is 19.7. The van der Waals surface area contributed by atoms with Crippen LogP contribution in [0.25, 0.3) is 0 Å². The van der Waals surface area contributed by atoms with Crippen molar-refractivity contribution in [2.45, 2.75) is 13.3 Å². The Labute approximate surface area is 50.1 Å². The molecule has 0 nitrogen and oxygen atoms in total. The molecular formula is C3H10PZn-. The molecule has 0 fully saturated rings. The normalized spacial score (nSPS) is 3.60. The first-order valence-electron chi connectivity index (χ1n) is 1.21. The van der Waals surface area contributed by atoms with Gasteiger partial charge in [0.2, 0.25) is 0 Å². The van der Waals surface area contributed by atoms with Gasteiger partial charge in [0.15, 0.2) is 0 Å². The van der Waals surface area contributed by atoms with Crippen molar-refractivity contribution in [3.63, 3.8) is 0 Å². The van der Waals surface area contributed by atoms with E-state index in [0.717, 1.165) is 6.42 Å². The third-order valence-corrected chi connectivity index (χ3v) is 0. The van der Waals surface area contributed by atoms with Crippen molar-refractivity contribution in [3.8, 4) is 0 Å². The second-order valence-corrected chi connectivity index (χ2v) is 0.500. The molecule has 0 rings (SSSR count). The average molecular weight is 142 g/mol. The van der Waals surface area contributed by atoms with Crippen LogP contribution in [0, 0.1) is 6.92 Å². The van der Waals surface area contributed by atoms with E-state index in [-0.39, 0.29) is 29.4 Å². The third-order valence-electron chi connectivity index (χ3n) is 0. The molecule has 30 valence electrons. The van der Waals surface area contributed by atoms with E-state index in [1.54, 1.807) is 0 Å². The van der Waals surface area contributed by atoms with Gasteiger partial charge in [0.05, 0.1) is 0 Å². The summed E-state index contributed by atoms with van der Waals surface area (Å²) >= 11 is 0. The zero-order valence-electron chi connectivity index (χ0n) is 3.83. The maximum atomic E-state index is 3.49. The standard InChI is InChI=1S/C3H7.H3P.Zn/c1-3-2;;/h1,3H2,2H3;1H3;/q-1;;. The minimum Gasteiger partial charge on any atom is -0.344 e. The van der Waals surface area contributed by atoms with Crippen molar-refractivity contribution < 1.29 is 19.5 Å². The van der Waals surface area contributed by atoms with Gasteiger partial charge < -0.3 is 6.92 Å². The average Bonchev–Trinajstić information content (AvgIpc) is 0.918. The molecule has 0 radical (unpaired) electrons. The van der Waals surface area contributed by atoms with Crippen molar-refractivity contribution in [2.75, 3.05) is 0 Å². The first kappa shape index (κ1) is 16.6. The summed E-state index contributed by atoms with van der Waals surface area (Å²) in [6.07, 6.45) is 1.00. The molecule has 0 aromatic heterocycles. The molecule has 1 unspecified atom stereocenters. The van der Waals surface area contributed by atoms with E-state index in [4.69, 9.17) is 0 Å². The van der Waals surface area contributed by atoms with Crippen LogP contribution in [0.1, 0.15) is 13.3 Å². The van der Waals surface area contributed by atoms with E-state index in [1.165, 1.54) is 0 Å². The molecule has 0 saturated heterocycles. The van der Waals surface area contributed by atoms with Crippen molar-refractivity contribution >= 4 is 9.90 Å². The first-order chi connectivity index (χ1) is 1.41. The summed E-state index contributed by atoms with van der Waals surface area (Å²) in [5.41, 5.74) is 0. The van der Waals surface area contributed by atoms with Gasteiger partial charge in [-0.1, -0.05) is 6.92 Å². The summed E-state index contributed by atoms with van der Waals surface area (Å²) in [6, 6.07) is 0. The molecule has 0 aliphatic heterocycles. The molecule has 0 aromatic rings. The van der Waals surface area contributed by atoms with Crippen LogP contribution in [-0.4, -0.2) is 0 Å². The van der Waals surface area contributed by atoms with Crippen LogP contribution in [0.15, 0.2) is 0 Å². The zero-order chi connectivity index (χ0) is 2.71. The smallest absolute Gasteiger partial charge is 0 e. The largest absolute Gasteiger partial charge is 0.344 e. The maximum absolute atomic E-state index is 3.49. The van der Waals surface area contributed by atoms with Gasteiger partial charge in [0.1, 0.15) is 0 Å². The van der Waals surface area contributed by atoms with Crippen LogP contribution in [0.5, 0.6) is 0 Å². The van der Waals surface area contributed by atoms with Crippen molar-refractivity contribution in [3.05, 3.63) is 6.92 Å². The molecule has 0 N–H and O–H groups in total. The number of hydrogen-bond acceptors (Lipinski definition) is 0. The van der Waals surface area contributed by atoms with Gasteiger partial charge in [-0.2, -0.15) is 16.3 Å². The monoisotopic (exact) mass is 141 g/mol. The Hall–Kier alpha value is 1.05. The molecule has 5 heavy (non-hydrogen) atoms. The molecule has 0 spiro atoms. The molecule has 1 atom stereocenters. The Balaban J connectivity index is -0.0000000200. The Morgan fingerprint density at radius 3 is 1.60 bits per heavy atom. The summed E-state index contributed by atoms with van der Waals surface area (Å²) in [5, 5.41) is 0. The van der Waals surface area contributed by atoms with Crippen LogP contribution >= 0.6 is 9.90 Å². The van der Waals surface area contributed by atoms with Crippen LogP contribution in [-0.2, 0) is 19.5 Å². The van der Waals surface area contributed by atoms with Gasteiger partial charge in [0.25, 0.3) is 0 Å². The SMILES string of the molecule is P.[CH2-]CC.[Zn]. The fourth-order valence-electron chi connectivity index (χ4n) is 0.